The average Bonchev–Trinajstić information content (AvgIpc) is 2.76. The molecule has 1 aromatic heterocycles. The van der Waals surface area contributed by atoms with Crippen molar-refractivity contribution in [3.63, 3.8) is 0 Å². The second-order valence-electron chi connectivity index (χ2n) is 5.17. The number of anilines is 1. The van der Waals surface area contributed by atoms with Gasteiger partial charge in [-0.1, -0.05) is 0 Å². The molecule has 0 unspecified atom stereocenters. The molecule has 2 N–H and O–H groups in total. The number of nitrogen functional groups attached to an aromatic ring is 1. The highest BCUT2D eigenvalue weighted by molar-refractivity contribution is 5.92. The van der Waals surface area contributed by atoms with Crippen LogP contribution in [-0.4, -0.2) is 46.7 Å². The predicted octanol–water partition coefficient (Wildman–Crippen LogP) is 1.76. The molecule has 1 rings (SSSR count). The van der Waals surface area contributed by atoms with Crippen molar-refractivity contribution in [3.05, 3.63) is 12.0 Å². The monoisotopic (exact) mass is 282 g/mol. The Kier molecular flexibility index (Phi) is 6.51. The van der Waals surface area contributed by atoms with Gasteiger partial charge in [0.25, 0.3) is 0 Å². The molecule has 0 atom stereocenters. The molecule has 0 saturated heterocycles. The van der Waals surface area contributed by atoms with Gasteiger partial charge in [0.05, 0.1) is 12.9 Å². The molecule has 0 radical (unpaired) electrons. The Balaban J connectivity index is 2.44. The molecule has 1 aromatic rings. The van der Waals surface area contributed by atoms with Gasteiger partial charge in [0.1, 0.15) is 5.82 Å². The molecule has 0 saturated carbocycles. The van der Waals surface area contributed by atoms with E-state index in [0.717, 1.165) is 25.9 Å². The van der Waals surface area contributed by atoms with Crippen molar-refractivity contribution < 1.29 is 9.53 Å². The molecular formula is C14H26N4O2. The van der Waals surface area contributed by atoms with Crippen LogP contribution in [0.2, 0.25) is 0 Å². The molecule has 0 fully saturated rings. The molecule has 20 heavy (non-hydrogen) atoms. The number of nitrogens with two attached hydrogens (primary N) is 1. The summed E-state index contributed by atoms with van der Waals surface area (Å²) in [6.07, 6.45) is 3.69. The van der Waals surface area contributed by atoms with E-state index in [-0.39, 0.29) is 5.69 Å². The summed E-state index contributed by atoms with van der Waals surface area (Å²) in [4.78, 5) is 17.9. The minimum atomic E-state index is -0.455. The first kappa shape index (κ1) is 16.5. The molecule has 0 aliphatic carbocycles. The van der Waals surface area contributed by atoms with Gasteiger partial charge in [0.2, 0.25) is 0 Å². The number of aryl methyl sites for hydroxylation is 1. The number of esters is 1. The van der Waals surface area contributed by atoms with Gasteiger partial charge in [-0.2, -0.15) is 0 Å². The third kappa shape index (κ3) is 4.52. The zero-order valence-corrected chi connectivity index (χ0v) is 12.9. The summed E-state index contributed by atoms with van der Waals surface area (Å²) >= 11 is 0. The largest absolute Gasteiger partial charge is 0.461 e. The molecule has 0 aliphatic rings. The molecule has 0 spiro atoms. The van der Waals surface area contributed by atoms with Gasteiger partial charge in [-0.3, -0.25) is 0 Å². The standard InChI is InChI=1S/C14H26N4O2/c1-5-20-14(19)12-13(15)18(10-16-12)9-7-6-8-17(4)11(2)3/h10-11H,5-9,15H2,1-4H3. The van der Waals surface area contributed by atoms with Crippen LogP contribution < -0.4 is 5.73 Å². The zero-order chi connectivity index (χ0) is 15.1. The number of unbranched alkanes of at least 4 members (excludes halogenated alkanes) is 1. The van der Waals surface area contributed by atoms with Crippen molar-refractivity contribution in [1.29, 1.82) is 0 Å². The minimum absolute atomic E-state index is 0.214. The normalized spacial score (nSPS) is 11.3. The second kappa shape index (κ2) is 7.89. The molecular weight excluding hydrogens is 256 g/mol. The van der Waals surface area contributed by atoms with Gasteiger partial charge < -0.3 is 19.9 Å². The first-order valence-corrected chi connectivity index (χ1v) is 7.15. The fraction of sp³-hybridized carbons (Fsp3) is 0.714. The smallest absolute Gasteiger partial charge is 0.360 e. The zero-order valence-electron chi connectivity index (χ0n) is 12.9. The maximum atomic E-state index is 11.6. The second-order valence-corrected chi connectivity index (χ2v) is 5.17. The van der Waals surface area contributed by atoms with Crippen LogP contribution in [0.15, 0.2) is 6.33 Å². The van der Waals surface area contributed by atoms with E-state index in [9.17, 15) is 4.79 Å². The minimum Gasteiger partial charge on any atom is -0.461 e. The van der Waals surface area contributed by atoms with Gasteiger partial charge in [0.15, 0.2) is 5.69 Å². The Morgan fingerprint density at radius 3 is 2.80 bits per heavy atom. The quantitative estimate of drug-likeness (QED) is 0.581. The van der Waals surface area contributed by atoms with Gasteiger partial charge >= 0.3 is 5.97 Å². The Morgan fingerprint density at radius 1 is 1.50 bits per heavy atom. The fourth-order valence-electron chi connectivity index (χ4n) is 1.83. The van der Waals surface area contributed by atoms with E-state index in [4.69, 9.17) is 10.5 Å². The topological polar surface area (TPSA) is 73.4 Å². The van der Waals surface area contributed by atoms with Gasteiger partial charge in [-0.25, -0.2) is 9.78 Å². The summed E-state index contributed by atoms with van der Waals surface area (Å²) in [5.74, 6) is -0.0658. The summed E-state index contributed by atoms with van der Waals surface area (Å²) in [6, 6.07) is 0.559. The van der Waals surface area contributed by atoms with E-state index in [1.807, 2.05) is 4.57 Å². The molecule has 0 aliphatic heterocycles. The molecule has 114 valence electrons. The molecule has 6 nitrogen and oxygen atoms in total. The lowest BCUT2D eigenvalue weighted by Crippen LogP contribution is -2.27. The van der Waals surface area contributed by atoms with Crippen LogP contribution in [0.3, 0.4) is 0 Å². The first-order chi connectivity index (χ1) is 9.47. The van der Waals surface area contributed by atoms with Crippen LogP contribution in [0.1, 0.15) is 44.1 Å². The maximum absolute atomic E-state index is 11.6. The molecule has 0 amide bonds. The molecule has 0 aromatic carbocycles. The number of carbonyl (C=O) groups excluding carboxylic acids is 1. The van der Waals surface area contributed by atoms with E-state index >= 15 is 0 Å². The van der Waals surface area contributed by atoms with Crippen LogP contribution in [0, 0.1) is 0 Å². The number of aromatic nitrogens is 2. The highest BCUT2D eigenvalue weighted by Crippen LogP contribution is 2.12. The fourth-order valence-corrected chi connectivity index (χ4v) is 1.83. The Hall–Kier alpha value is -1.56. The Labute approximate surface area is 120 Å². The highest BCUT2D eigenvalue weighted by atomic mass is 16.5. The van der Waals surface area contributed by atoms with Crippen LogP contribution in [0.25, 0.3) is 0 Å². The van der Waals surface area contributed by atoms with E-state index < -0.39 is 5.97 Å². The van der Waals surface area contributed by atoms with Crippen LogP contribution in [0.5, 0.6) is 0 Å². The van der Waals surface area contributed by atoms with E-state index in [0.29, 0.717) is 18.5 Å². The van der Waals surface area contributed by atoms with Crippen LogP contribution in [-0.2, 0) is 11.3 Å². The van der Waals surface area contributed by atoms with Crippen molar-refractivity contribution in [1.82, 2.24) is 14.5 Å². The number of hydrogen-bond donors (Lipinski definition) is 1. The van der Waals surface area contributed by atoms with Crippen molar-refractivity contribution >= 4 is 11.8 Å². The van der Waals surface area contributed by atoms with Crippen molar-refractivity contribution in [3.8, 4) is 0 Å². The number of carbonyl (C=O) groups is 1. The summed E-state index contributed by atoms with van der Waals surface area (Å²) in [6.45, 7) is 8.27. The van der Waals surface area contributed by atoms with Crippen molar-refractivity contribution in [2.75, 3.05) is 25.9 Å². The third-order valence-corrected chi connectivity index (χ3v) is 3.39. The van der Waals surface area contributed by atoms with Crippen molar-refractivity contribution in [2.24, 2.45) is 0 Å². The van der Waals surface area contributed by atoms with E-state index in [1.165, 1.54) is 0 Å². The van der Waals surface area contributed by atoms with Crippen LogP contribution in [0.4, 0.5) is 5.82 Å². The van der Waals surface area contributed by atoms with Crippen LogP contribution >= 0.6 is 0 Å². The number of imidazole rings is 1. The highest BCUT2D eigenvalue weighted by Gasteiger charge is 2.16. The average molecular weight is 282 g/mol. The van der Waals surface area contributed by atoms with Gasteiger partial charge in [0, 0.05) is 12.6 Å². The lowest BCUT2D eigenvalue weighted by atomic mass is 10.2. The van der Waals surface area contributed by atoms with Gasteiger partial charge in [-0.15, -0.1) is 0 Å². The summed E-state index contributed by atoms with van der Waals surface area (Å²) in [5.41, 5.74) is 6.13. The number of rotatable bonds is 8. The number of nitrogens with zero attached hydrogens (tertiary/aromatic N) is 3. The lowest BCUT2D eigenvalue weighted by molar-refractivity contribution is 0.0521. The Bertz CT molecular complexity index is 429. The predicted molar refractivity (Wildman–Crippen MR) is 79.6 cm³/mol. The van der Waals surface area contributed by atoms with Gasteiger partial charge in [-0.05, 0) is 47.2 Å². The Morgan fingerprint density at radius 2 is 2.20 bits per heavy atom. The lowest BCUT2D eigenvalue weighted by Gasteiger charge is -2.20. The maximum Gasteiger partial charge on any atom is 0.360 e. The summed E-state index contributed by atoms with van der Waals surface area (Å²) < 4.78 is 6.71. The molecule has 6 heteroatoms. The first-order valence-electron chi connectivity index (χ1n) is 7.15. The summed E-state index contributed by atoms with van der Waals surface area (Å²) in [5, 5.41) is 0. The summed E-state index contributed by atoms with van der Waals surface area (Å²) in [7, 11) is 2.12. The van der Waals surface area contributed by atoms with Crippen molar-refractivity contribution in [2.45, 2.75) is 46.2 Å². The molecule has 0 bridgehead atoms. The van der Waals surface area contributed by atoms with E-state index in [1.54, 1.807) is 13.3 Å². The SMILES string of the molecule is CCOC(=O)c1ncn(CCCCN(C)C(C)C)c1N. The van der Waals surface area contributed by atoms with E-state index in [2.05, 4.69) is 30.8 Å². The number of hydrogen-bond acceptors (Lipinski definition) is 5. The number of ether oxygens (including phenoxy) is 1. The third-order valence-electron chi connectivity index (χ3n) is 3.39. The molecule has 1 heterocycles.